The van der Waals surface area contributed by atoms with Crippen LogP contribution in [0.2, 0.25) is 39.3 Å². The molecule has 0 aromatic rings. The van der Waals surface area contributed by atoms with E-state index in [0.717, 1.165) is 5.20 Å². The quantitative estimate of drug-likeness (QED) is 0.216. The summed E-state index contributed by atoms with van der Waals surface area (Å²) in [5.74, 6) is 0. The molecule has 0 aromatic heterocycles. The molecule has 0 fully saturated rings. The van der Waals surface area contributed by atoms with Crippen molar-refractivity contribution in [1.82, 2.24) is 0 Å². The summed E-state index contributed by atoms with van der Waals surface area (Å²) >= 11 is 0. The number of hydrogen-bond acceptors (Lipinski definition) is 2. The monoisotopic (exact) mass is 573 g/mol. The third-order valence-electron chi connectivity index (χ3n) is 3.80. The van der Waals surface area contributed by atoms with E-state index in [4.69, 9.17) is 0 Å². The van der Waals surface area contributed by atoms with Crippen LogP contribution in [0.25, 0.3) is 0 Å². The summed E-state index contributed by atoms with van der Waals surface area (Å²) in [5.41, 5.74) is 3.31. The molecule has 184 valence electrons. The van der Waals surface area contributed by atoms with E-state index in [0.29, 0.717) is 0 Å². The van der Waals surface area contributed by atoms with E-state index < -0.39 is 22.4 Å². The van der Waals surface area contributed by atoms with Crippen LogP contribution in [0.4, 0.5) is 0 Å². The summed E-state index contributed by atoms with van der Waals surface area (Å²) < 4.78 is 0. The first-order valence-electron chi connectivity index (χ1n) is 11.2. The topological polar surface area (TPSA) is 40.5 Å². The normalized spacial score (nSPS) is 15.7. The second-order valence-electron chi connectivity index (χ2n) is 9.26. The van der Waals surface area contributed by atoms with Crippen molar-refractivity contribution in [2.24, 2.45) is 0 Å². The molecule has 0 aromatic carbocycles. The molecule has 0 spiro atoms. The number of aliphatic hydroxyl groups is 2. The maximum absolute atomic E-state index is 9.22. The zero-order valence-corrected chi connectivity index (χ0v) is 27.1. The van der Waals surface area contributed by atoms with Gasteiger partial charge in [0, 0.05) is 55.5 Å². The molecule has 2 N–H and O–H groups in total. The Balaban J connectivity index is -0.000000388. The van der Waals surface area contributed by atoms with Gasteiger partial charge in [0.25, 0.3) is 0 Å². The molecule has 4 radical (unpaired) electrons. The van der Waals surface area contributed by atoms with Crippen LogP contribution in [0.15, 0.2) is 102 Å². The molecule has 0 heterocycles. The Hall–Kier alpha value is -0.558. The minimum Gasteiger partial charge on any atom is -0.497 e. The Bertz CT molecular complexity index is 658. The fourth-order valence-corrected chi connectivity index (χ4v) is 6.66. The fraction of sp³-hybridized carbons (Fsp3) is 0.241. The third kappa shape index (κ3) is 27.9. The number of rotatable bonds is 3. The van der Waals surface area contributed by atoms with Crippen LogP contribution >= 0.6 is 0 Å². The van der Waals surface area contributed by atoms with Crippen LogP contribution in [-0.2, 0) is 43.4 Å². The summed E-state index contributed by atoms with van der Waals surface area (Å²) in [6.07, 6.45) is 38.7. The van der Waals surface area contributed by atoms with Gasteiger partial charge in [-0.3, -0.25) is 0 Å². The van der Waals surface area contributed by atoms with Crippen LogP contribution in [0.5, 0.6) is 0 Å². The Morgan fingerprint density at radius 1 is 0.514 bits per heavy atom. The predicted octanol–water partition coefficient (Wildman–Crippen LogP) is 7.04. The van der Waals surface area contributed by atoms with Crippen molar-refractivity contribution in [1.29, 1.82) is 0 Å². The predicted molar refractivity (Wildman–Crippen MR) is 152 cm³/mol. The molecule has 4 rings (SSSR count). The number of aliphatic hydroxyl groups excluding tert-OH is 1. The maximum Gasteiger partial charge on any atom is 2.00 e. The van der Waals surface area contributed by atoms with Gasteiger partial charge in [-0.1, -0.05) is 136 Å². The van der Waals surface area contributed by atoms with Gasteiger partial charge < -0.3 is 15.9 Å². The molecule has 0 aliphatic heterocycles. The zero-order valence-electron chi connectivity index (χ0n) is 22.0. The van der Waals surface area contributed by atoms with Crippen molar-refractivity contribution in [3.8, 4) is 0 Å². The van der Waals surface area contributed by atoms with Crippen LogP contribution in [0.1, 0.15) is 0 Å². The van der Waals surface area contributed by atoms with Gasteiger partial charge in [0.05, 0.1) is 0 Å². The molecule has 0 unspecified atom stereocenters. The second-order valence-corrected chi connectivity index (χ2v) is 19.1. The zero-order chi connectivity index (χ0) is 25.0. The van der Waals surface area contributed by atoms with Gasteiger partial charge in [0.1, 0.15) is 6.29 Å². The Morgan fingerprint density at radius 3 is 0.800 bits per heavy atom. The molecule has 0 bridgehead atoms. The van der Waals surface area contributed by atoms with Gasteiger partial charge in [-0.05, 0) is 0 Å². The standard InChI is InChI=1S/C9H21O2Si2.4C5H5.2Ti/c1-12(2,3)7-8(9(10)11)13(4,5)6;4*1-2-4-5-3-1;;/h9-11H,1-6H3;4*1-5H;;/q-1;;;;;;+2. The van der Waals surface area contributed by atoms with Gasteiger partial charge >= 0.3 is 21.7 Å². The summed E-state index contributed by atoms with van der Waals surface area (Å²) in [6, 6.07) is 0. The van der Waals surface area contributed by atoms with Crippen molar-refractivity contribution in [2.75, 3.05) is 0 Å². The molecule has 2 nitrogen and oxygen atoms in total. The first-order chi connectivity index (χ1) is 15.5. The summed E-state index contributed by atoms with van der Waals surface area (Å²) in [5, 5.41) is 19.2. The van der Waals surface area contributed by atoms with E-state index in [2.05, 4.69) is 45.0 Å². The van der Waals surface area contributed by atoms with Crippen LogP contribution in [0.3, 0.4) is 0 Å². The fourth-order valence-electron chi connectivity index (χ4n) is 2.33. The van der Waals surface area contributed by atoms with Crippen LogP contribution in [-0.4, -0.2) is 32.7 Å². The minimum atomic E-state index is -1.62. The third-order valence-corrected chi connectivity index (χ3v) is 7.07. The van der Waals surface area contributed by atoms with E-state index in [9.17, 15) is 10.2 Å². The largest absolute Gasteiger partial charge is 2.00 e. The van der Waals surface area contributed by atoms with E-state index in [1.54, 1.807) is 0 Å². The molecule has 35 heavy (non-hydrogen) atoms. The molecule has 0 amide bonds. The van der Waals surface area contributed by atoms with Gasteiger partial charge in [-0.15, -0.1) is 8.07 Å². The van der Waals surface area contributed by atoms with Crippen molar-refractivity contribution in [3.05, 3.63) is 134 Å². The average molecular weight is 574 g/mol. The van der Waals surface area contributed by atoms with E-state index >= 15 is 0 Å². The molecular weight excluding hydrogens is 532 g/mol. The van der Waals surface area contributed by atoms with Crippen molar-refractivity contribution in [2.45, 2.75) is 45.6 Å². The molecule has 4 aliphatic carbocycles. The summed E-state index contributed by atoms with van der Waals surface area (Å²) in [6.45, 7) is 12.8. The van der Waals surface area contributed by atoms with Crippen LogP contribution < -0.4 is 0 Å². The van der Waals surface area contributed by atoms with E-state index in [-0.39, 0.29) is 43.4 Å². The summed E-state index contributed by atoms with van der Waals surface area (Å²) in [4.78, 5) is 0. The molecule has 0 saturated carbocycles. The average Bonchev–Trinajstić information content (AvgIpc) is 3.58. The van der Waals surface area contributed by atoms with Gasteiger partial charge in [-0.25, -0.2) is 5.20 Å². The molecule has 4 aliphatic rings. The Labute approximate surface area is 247 Å². The van der Waals surface area contributed by atoms with E-state index in [1.165, 1.54) is 0 Å². The van der Waals surface area contributed by atoms with Crippen molar-refractivity contribution < 1.29 is 53.6 Å². The van der Waals surface area contributed by atoms with Gasteiger partial charge in [0.2, 0.25) is 0 Å². The number of hydrogen-bond donors (Lipinski definition) is 2. The number of allylic oxidation sites excluding steroid dienone is 16. The summed E-state index contributed by atoms with van der Waals surface area (Å²) in [7, 11) is -3.08. The SMILES string of the molecule is C[Si](C)(C)[C-]=C(C(O)O)[Si](C)(C)C.[CH]1C=CC=C1.[CH]1C=CC=C1.[CH]1C=CC=C1.[CH]1C=CC=C1.[Ti+2].[Ti]. The Kier molecular flexibility index (Phi) is 26.5. The van der Waals surface area contributed by atoms with Gasteiger partial charge in [0.15, 0.2) is 0 Å². The molecule has 0 saturated heterocycles. The van der Waals surface area contributed by atoms with Gasteiger partial charge in [-0.2, -0.15) is 0 Å². The first kappa shape index (κ1) is 39.0. The van der Waals surface area contributed by atoms with Crippen molar-refractivity contribution >= 4 is 16.1 Å². The molecule has 6 heteroatoms. The van der Waals surface area contributed by atoms with Crippen LogP contribution in [0, 0.1) is 31.4 Å². The smallest absolute Gasteiger partial charge is 0.497 e. The second kappa shape index (κ2) is 23.8. The van der Waals surface area contributed by atoms with E-state index in [1.807, 2.05) is 123 Å². The van der Waals surface area contributed by atoms with Crippen molar-refractivity contribution in [3.63, 3.8) is 0 Å². The first-order valence-corrected chi connectivity index (χ1v) is 18.2. The molecular formula is C29H41O2Si2Ti2+. The Morgan fingerprint density at radius 2 is 0.743 bits per heavy atom. The minimum absolute atomic E-state index is 0. The molecule has 0 atom stereocenters. The maximum atomic E-state index is 9.22.